The van der Waals surface area contributed by atoms with Gasteiger partial charge in [0.25, 0.3) is 0 Å². The molecule has 1 saturated heterocycles. The highest BCUT2D eigenvalue weighted by molar-refractivity contribution is 5.82. The molecule has 2 aromatic rings. The molecule has 1 unspecified atom stereocenters. The number of nitrogens with zero attached hydrogens (tertiary/aromatic N) is 6. The first kappa shape index (κ1) is 21.0. The number of carbonyl (C=O) groups is 2. The van der Waals surface area contributed by atoms with Crippen LogP contribution in [0.1, 0.15) is 43.7 Å². The molecule has 3 heterocycles. The molecule has 158 valence electrons. The van der Waals surface area contributed by atoms with Crippen molar-refractivity contribution in [1.82, 2.24) is 35.0 Å². The van der Waals surface area contributed by atoms with Gasteiger partial charge in [-0.15, -0.1) is 0 Å². The summed E-state index contributed by atoms with van der Waals surface area (Å²) in [6.45, 7) is 7.53. The minimum Gasteiger partial charge on any atom is -0.361 e. The third-order valence-electron chi connectivity index (χ3n) is 4.99. The van der Waals surface area contributed by atoms with E-state index in [1.165, 1.54) is 6.33 Å². The van der Waals surface area contributed by atoms with Crippen LogP contribution in [0.3, 0.4) is 0 Å². The molecular formula is C19H29N7O3. The SMILES string of the molecule is CCCNC(=O)C(c1cc(C)on1)N1CCCN(C(=O)CCn2cncn2)CC1. The van der Waals surface area contributed by atoms with E-state index in [1.807, 2.05) is 24.8 Å². The second-order valence-corrected chi connectivity index (χ2v) is 7.23. The maximum atomic E-state index is 12.8. The van der Waals surface area contributed by atoms with Crippen LogP contribution in [0.5, 0.6) is 0 Å². The van der Waals surface area contributed by atoms with Crippen LogP contribution in [0, 0.1) is 6.92 Å². The third-order valence-corrected chi connectivity index (χ3v) is 4.99. The van der Waals surface area contributed by atoms with Crippen LogP contribution in [0.15, 0.2) is 23.2 Å². The number of hydrogen-bond acceptors (Lipinski definition) is 7. The van der Waals surface area contributed by atoms with Crippen molar-refractivity contribution in [3.8, 4) is 0 Å². The lowest BCUT2D eigenvalue weighted by atomic mass is 10.1. The van der Waals surface area contributed by atoms with Gasteiger partial charge in [-0.25, -0.2) is 4.98 Å². The van der Waals surface area contributed by atoms with E-state index < -0.39 is 6.04 Å². The highest BCUT2D eigenvalue weighted by Gasteiger charge is 2.32. The molecule has 2 aromatic heterocycles. The van der Waals surface area contributed by atoms with Crippen molar-refractivity contribution < 1.29 is 14.1 Å². The van der Waals surface area contributed by atoms with Crippen molar-refractivity contribution in [2.75, 3.05) is 32.7 Å². The van der Waals surface area contributed by atoms with Crippen LogP contribution in [0.2, 0.25) is 0 Å². The Labute approximate surface area is 170 Å². The minimum atomic E-state index is -0.510. The number of rotatable bonds is 8. The average molecular weight is 403 g/mol. The lowest BCUT2D eigenvalue weighted by Gasteiger charge is -2.28. The summed E-state index contributed by atoms with van der Waals surface area (Å²) >= 11 is 0. The van der Waals surface area contributed by atoms with E-state index in [2.05, 4.69) is 25.5 Å². The Morgan fingerprint density at radius 3 is 2.83 bits per heavy atom. The van der Waals surface area contributed by atoms with Crippen molar-refractivity contribution in [2.24, 2.45) is 0 Å². The molecule has 1 fully saturated rings. The maximum absolute atomic E-state index is 12.8. The lowest BCUT2D eigenvalue weighted by Crippen LogP contribution is -2.43. The summed E-state index contributed by atoms with van der Waals surface area (Å²) in [5.41, 5.74) is 0.613. The van der Waals surface area contributed by atoms with Crippen molar-refractivity contribution in [1.29, 1.82) is 0 Å². The summed E-state index contributed by atoms with van der Waals surface area (Å²) in [5, 5.41) is 11.1. The molecule has 0 bridgehead atoms. The van der Waals surface area contributed by atoms with Gasteiger partial charge < -0.3 is 14.7 Å². The zero-order valence-electron chi connectivity index (χ0n) is 17.1. The summed E-state index contributed by atoms with van der Waals surface area (Å²) < 4.78 is 6.87. The second kappa shape index (κ2) is 10.1. The number of aryl methyl sites for hydroxylation is 2. The standard InChI is InChI=1S/C19H29N7O3/c1-3-6-21-19(28)18(16-12-15(2)29-23-16)25-8-4-7-24(10-11-25)17(27)5-9-26-14-20-13-22-26/h12-14,18H,3-11H2,1-2H3,(H,21,28). The van der Waals surface area contributed by atoms with E-state index in [4.69, 9.17) is 4.52 Å². The van der Waals surface area contributed by atoms with Gasteiger partial charge in [0, 0.05) is 45.2 Å². The average Bonchev–Trinajstić information content (AvgIpc) is 3.32. The quantitative estimate of drug-likeness (QED) is 0.693. The molecule has 10 nitrogen and oxygen atoms in total. The highest BCUT2D eigenvalue weighted by Crippen LogP contribution is 2.23. The number of aromatic nitrogens is 4. The van der Waals surface area contributed by atoms with Gasteiger partial charge in [-0.3, -0.25) is 19.2 Å². The van der Waals surface area contributed by atoms with Gasteiger partial charge in [0.05, 0.1) is 6.54 Å². The molecule has 0 radical (unpaired) electrons. The Balaban J connectivity index is 1.62. The predicted octanol–water partition coefficient (Wildman–Crippen LogP) is 0.766. The van der Waals surface area contributed by atoms with E-state index in [0.717, 1.165) is 12.8 Å². The predicted molar refractivity (Wildman–Crippen MR) is 105 cm³/mol. The fourth-order valence-electron chi connectivity index (χ4n) is 3.51. The summed E-state index contributed by atoms with van der Waals surface area (Å²) in [7, 11) is 0. The summed E-state index contributed by atoms with van der Waals surface area (Å²) in [4.78, 5) is 33.3. The second-order valence-electron chi connectivity index (χ2n) is 7.23. The topological polar surface area (TPSA) is 109 Å². The van der Waals surface area contributed by atoms with Crippen LogP contribution < -0.4 is 5.32 Å². The van der Waals surface area contributed by atoms with E-state index in [1.54, 1.807) is 11.0 Å². The van der Waals surface area contributed by atoms with Gasteiger partial charge in [-0.2, -0.15) is 5.10 Å². The fraction of sp³-hybridized carbons (Fsp3) is 0.632. The van der Waals surface area contributed by atoms with Crippen LogP contribution in [0.4, 0.5) is 0 Å². The van der Waals surface area contributed by atoms with Crippen LogP contribution in [-0.4, -0.2) is 74.3 Å². The van der Waals surface area contributed by atoms with Crippen molar-refractivity contribution >= 4 is 11.8 Å². The first-order valence-electron chi connectivity index (χ1n) is 10.1. The molecule has 0 spiro atoms. The van der Waals surface area contributed by atoms with Crippen LogP contribution in [-0.2, 0) is 16.1 Å². The number of hydrogen-bond donors (Lipinski definition) is 1. The van der Waals surface area contributed by atoms with Gasteiger partial charge in [0.1, 0.15) is 30.2 Å². The van der Waals surface area contributed by atoms with Gasteiger partial charge in [-0.05, 0) is 19.8 Å². The fourth-order valence-corrected chi connectivity index (χ4v) is 3.51. The smallest absolute Gasteiger partial charge is 0.243 e. The number of nitrogens with one attached hydrogen (secondary N) is 1. The van der Waals surface area contributed by atoms with E-state index >= 15 is 0 Å². The van der Waals surface area contributed by atoms with Crippen LogP contribution >= 0.6 is 0 Å². The van der Waals surface area contributed by atoms with Crippen molar-refractivity contribution in [3.05, 3.63) is 30.2 Å². The molecule has 1 aliphatic rings. The van der Waals surface area contributed by atoms with Gasteiger partial charge in [0.15, 0.2) is 0 Å². The van der Waals surface area contributed by atoms with Gasteiger partial charge in [-0.1, -0.05) is 12.1 Å². The molecule has 10 heteroatoms. The molecule has 0 aromatic carbocycles. The van der Waals surface area contributed by atoms with Crippen molar-refractivity contribution in [3.63, 3.8) is 0 Å². The Bertz CT molecular complexity index is 790. The lowest BCUT2D eigenvalue weighted by molar-refractivity contribution is -0.131. The minimum absolute atomic E-state index is 0.0777. The summed E-state index contributed by atoms with van der Waals surface area (Å²) in [6.07, 6.45) is 5.11. The maximum Gasteiger partial charge on any atom is 0.243 e. The summed E-state index contributed by atoms with van der Waals surface area (Å²) in [5.74, 6) is 0.686. The number of amides is 2. The largest absolute Gasteiger partial charge is 0.361 e. The molecule has 1 N–H and O–H groups in total. The van der Waals surface area contributed by atoms with Gasteiger partial charge >= 0.3 is 0 Å². The highest BCUT2D eigenvalue weighted by atomic mass is 16.5. The molecule has 1 aliphatic heterocycles. The Morgan fingerprint density at radius 1 is 1.28 bits per heavy atom. The van der Waals surface area contributed by atoms with Crippen LogP contribution in [0.25, 0.3) is 0 Å². The Hall–Kier alpha value is -2.75. The zero-order valence-corrected chi connectivity index (χ0v) is 17.1. The molecule has 3 rings (SSSR count). The molecule has 29 heavy (non-hydrogen) atoms. The molecule has 0 saturated carbocycles. The van der Waals surface area contributed by atoms with E-state index in [9.17, 15) is 9.59 Å². The number of carbonyl (C=O) groups excluding carboxylic acids is 2. The molecule has 2 amide bonds. The van der Waals surface area contributed by atoms with Gasteiger partial charge in [0.2, 0.25) is 11.8 Å². The Kier molecular flexibility index (Phi) is 7.34. The normalized spacial score (nSPS) is 16.4. The zero-order chi connectivity index (χ0) is 20.6. The first-order chi connectivity index (χ1) is 14.1. The Morgan fingerprint density at radius 2 is 2.14 bits per heavy atom. The summed E-state index contributed by atoms with van der Waals surface area (Å²) in [6, 6.07) is 1.30. The monoisotopic (exact) mass is 403 g/mol. The van der Waals surface area contributed by atoms with E-state index in [-0.39, 0.29) is 11.8 Å². The molecule has 1 atom stereocenters. The molecular weight excluding hydrogens is 374 g/mol. The van der Waals surface area contributed by atoms with E-state index in [0.29, 0.717) is 57.1 Å². The first-order valence-corrected chi connectivity index (χ1v) is 10.1. The molecule has 0 aliphatic carbocycles. The van der Waals surface area contributed by atoms with Crippen molar-refractivity contribution in [2.45, 2.75) is 45.7 Å². The third kappa shape index (κ3) is 5.63.